The summed E-state index contributed by atoms with van der Waals surface area (Å²) in [6.45, 7) is 6.25. The van der Waals surface area contributed by atoms with Crippen LogP contribution in [0.5, 0.6) is 5.75 Å². The topological polar surface area (TPSA) is 84.5 Å². The molecule has 0 bridgehead atoms. The van der Waals surface area contributed by atoms with E-state index in [1.807, 2.05) is 56.3 Å². The number of para-hydroxylation sites is 1. The van der Waals surface area contributed by atoms with Gasteiger partial charge in [0.1, 0.15) is 5.75 Å². The second-order valence-electron chi connectivity index (χ2n) is 7.89. The van der Waals surface area contributed by atoms with Gasteiger partial charge in [0, 0.05) is 16.3 Å². The Labute approximate surface area is 199 Å². The van der Waals surface area contributed by atoms with Crippen molar-refractivity contribution in [2.24, 2.45) is 5.92 Å². The number of nitrogens with one attached hydrogen (secondary N) is 2. The third-order valence-corrected chi connectivity index (χ3v) is 7.07. The highest BCUT2D eigenvalue weighted by Crippen LogP contribution is 2.34. The fourth-order valence-electron chi connectivity index (χ4n) is 2.86. The number of ether oxygens (including phenoxy) is 1. The van der Waals surface area contributed by atoms with E-state index in [4.69, 9.17) is 4.74 Å². The normalized spacial score (nSPS) is 12.2. The van der Waals surface area contributed by atoms with E-state index in [2.05, 4.69) is 10.0 Å². The van der Waals surface area contributed by atoms with Gasteiger partial charge in [0.2, 0.25) is 0 Å². The van der Waals surface area contributed by atoms with Crippen molar-refractivity contribution in [2.75, 3.05) is 11.3 Å². The SMILES string of the molecule is CC(C)CNC(=O)[C@@H](C)Oc1ccc(S(=O)(=O)Nc2ccccc2Sc2ccccc2)cc1. The molecule has 8 heteroatoms. The molecule has 0 aliphatic carbocycles. The second kappa shape index (κ2) is 11.2. The molecule has 0 unspecified atom stereocenters. The van der Waals surface area contributed by atoms with Gasteiger partial charge >= 0.3 is 0 Å². The van der Waals surface area contributed by atoms with Crippen LogP contribution in [0.15, 0.2) is 93.5 Å². The zero-order valence-corrected chi connectivity index (χ0v) is 20.4. The van der Waals surface area contributed by atoms with E-state index >= 15 is 0 Å². The van der Waals surface area contributed by atoms with Crippen LogP contribution in [0.4, 0.5) is 5.69 Å². The molecule has 2 N–H and O–H groups in total. The van der Waals surface area contributed by atoms with Crippen LogP contribution in [0.1, 0.15) is 20.8 Å². The second-order valence-corrected chi connectivity index (χ2v) is 10.7. The largest absolute Gasteiger partial charge is 0.481 e. The third-order valence-electron chi connectivity index (χ3n) is 4.60. The Morgan fingerprint density at radius 1 is 0.909 bits per heavy atom. The Bertz CT molecular complexity index is 1160. The molecule has 0 heterocycles. The number of carbonyl (C=O) groups excluding carboxylic acids is 1. The standard InChI is InChI=1S/C25H28N2O4S2/c1-18(2)17-26-25(28)19(3)31-20-13-15-22(16-14-20)33(29,30)27-23-11-7-8-12-24(23)32-21-9-5-4-6-10-21/h4-16,18-19,27H,17H2,1-3H3,(H,26,28)/t19-/m1/s1. The minimum atomic E-state index is -3.81. The summed E-state index contributed by atoms with van der Waals surface area (Å²) in [4.78, 5) is 14.0. The van der Waals surface area contributed by atoms with Gasteiger partial charge < -0.3 is 10.1 Å². The Morgan fingerprint density at radius 2 is 1.55 bits per heavy atom. The van der Waals surface area contributed by atoms with Crippen LogP contribution in [-0.4, -0.2) is 27.0 Å². The van der Waals surface area contributed by atoms with Gasteiger partial charge in [-0.2, -0.15) is 0 Å². The fourth-order valence-corrected chi connectivity index (χ4v) is 4.93. The molecule has 0 aliphatic heterocycles. The predicted octanol–water partition coefficient (Wildman–Crippen LogP) is 5.18. The van der Waals surface area contributed by atoms with Crippen LogP contribution < -0.4 is 14.8 Å². The molecule has 0 aliphatic rings. The number of hydrogen-bond donors (Lipinski definition) is 2. The lowest BCUT2D eigenvalue weighted by Crippen LogP contribution is -2.38. The van der Waals surface area contributed by atoms with Crippen molar-refractivity contribution in [3.05, 3.63) is 78.9 Å². The lowest BCUT2D eigenvalue weighted by Gasteiger charge is -2.16. The predicted molar refractivity (Wildman–Crippen MR) is 132 cm³/mol. The summed E-state index contributed by atoms with van der Waals surface area (Å²) in [5, 5.41) is 2.82. The molecular weight excluding hydrogens is 456 g/mol. The van der Waals surface area contributed by atoms with E-state index in [0.29, 0.717) is 23.9 Å². The van der Waals surface area contributed by atoms with Crippen LogP contribution in [0, 0.1) is 5.92 Å². The molecule has 0 saturated heterocycles. The number of rotatable bonds is 10. The van der Waals surface area contributed by atoms with Crippen LogP contribution in [0.2, 0.25) is 0 Å². The van der Waals surface area contributed by atoms with Crippen molar-refractivity contribution in [1.29, 1.82) is 0 Å². The maximum atomic E-state index is 13.0. The number of sulfonamides is 1. The summed E-state index contributed by atoms with van der Waals surface area (Å²) >= 11 is 1.48. The van der Waals surface area contributed by atoms with E-state index in [0.717, 1.165) is 9.79 Å². The van der Waals surface area contributed by atoms with Gasteiger partial charge in [0.25, 0.3) is 15.9 Å². The fraction of sp³-hybridized carbons (Fsp3) is 0.240. The molecule has 3 aromatic carbocycles. The van der Waals surface area contributed by atoms with Gasteiger partial charge in [-0.25, -0.2) is 8.42 Å². The van der Waals surface area contributed by atoms with Crippen molar-refractivity contribution in [3.8, 4) is 5.75 Å². The zero-order valence-electron chi connectivity index (χ0n) is 18.8. The summed E-state index contributed by atoms with van der Waals surface area (Å²) in [7, 11) is -3.81. The molecule has 0 fully saturated rings. The highest BCUT2D eigenvalue weighted by atomic mass is 32.2. The molecule has 174 valence electrons. The van der Waals surface area contributed by atoms with E-state index in [9.17, 15) is 13.2 Å². The minimum absolute atomic E-state index is 0.103. The van der Waals surface area contributed by atoms with E-state index in [1.54, 1.807) is 31.2 Å². The molecule has 33 heavy (non-hydrogen) atoms. The molecular formula is C25H28N2O4S2. The van der Waals surface area contributed by atoms with Crippen molar-refractivity contribution >= 4 is 33.4 Å². The Balaban J connectivity index is 1.68. The maximum absolute atomic E-state index is 13.0. The number of anilines is 1. The number of hydrogen-bond acceptors (Lipinski definition) is 5. The van der Waals surface area contributed by atoms with Gasteiger partial charge in [-0.05, 0) is 61.4 Å². The number of carbonyl (C=O) groups is 1. The van der Waals surface area contributed by atoms with Crippen molar-refractivity contribution in [2.45, 2.75) is 41.6 Å². The highest BCUT2D eigenvalue weighted by molar-refractivity contribution is 7.99. The summed E-state index contributed by atoms with van der Waals surface area (Å²) in [5.74, 6) is 0.546. The zero-order chi connectivity index (χ0) is 23.8. The molecule has 3 rings (SSSR count). The Morgan fingerprint density at radius 3 is 2.21 bits per heavy atom. The average molecular weight is 485 g/mol. The number of benzene rings is 3. The molecule has 0 aromatic heterocycles. The quantitative estimate of drug-likeness (QED) is 0.414. The smallest absolute Gasteiger partial charge is 0.261 e. The Hall–Kier alpha value is -2.97. The van der Waals surface area contributed by atoms with Crippen LogP contribution in [0.3, 0.4) is 0 Å². The van der Waals surface area contributed by atoms with E-state index < -0.39 is 16.1 Å². The first-order valence-corrected chi connectivity index (χ1v) is 12.9. The number of amides is 1. The van der Waals surface area contributed by atoms with Crippen molar-refractivity contribution in [1.82, 2.24) is 5.32 Å². The van der Waals surface area contributed by atoms with E-state index in [-0.39, 0.29) is 10.8 Å². The lowest BCUT2D eigenvalue weighted by atomic mass is 10.2. The van der Waals surface area contributed by atoms with Gasteiger partial charge in [0.15, 0.2) is 6.10 Å². The molecule has 1 amide bonds. The molecule has 1 atom stereocenters. The first-order valence-electron chi connectivity index (χ1n) is 10.6. The first-order chi connectivity index (χ1) is 15.7. The molecule has 3 aromatic rings. The van der Waals surface area contributed by atoms with Gasteiger partial charge in [-0.3, -0.25) is 9.52 Å². The van der Waals surface area contributed by atoms with Gasteiger partial charge in [-0.1, -0.05) is 55.9 Å². The molecule has 6 nitrogen and oxygen atoms in total. The van der Waals surface area contributed by atoms with Crippen LogP contribution in [0.25, 0.3) is 0 Å². The molecule has 0 saturated carbocycles. The van der Waals surface area contributed by atoms with Crippen LogP contribution >= 0.6 is 11.8 Å². The van der Waals surface area contributed by atoms with Crippen LogP contribution in [-0.2, 0) is 14.8 Å². The average Bonchev–Trinajstić information content (AvgIpc) is 2.79. The molecule has 0 radical (unpaired) electrons. The summed E-state index contributed by atoms with van der Waals surface area (Å²) in [6, 6.07) is 23.0. The highest BCUT2D eigenvalue weighted by Gasteiger charge is 2.18. The van der Waals surface area contributed by atoms with Crippen molar-refractivity contribution < 1.29 is 17.9 Å². The summed E-state index contributed by atoms with van der Waals surface area (Å²) in [5.41, 5.74) is 0.502. The minimum Gasteiger partial charge on any atom is -0.481 e. The summed E-state index contributed by atoms with van der Waals surface area (Å²) in [6.07, 6.45) is -0.689. The lowest BCUT2D eigenvalue weighted by molar-refractivity contribution is -0.127. The van der Waals surface area contributed by atoms with Gasteiger partial charge in [0.05, 0.1) is 10.6 Å². The first kappa shape index (κ1) is 24.7. The maximum Gasteiger partial charge on any atom is 0.261 e. The van der Waals surface area contributed by atoms with Gasteiger partial charge in [-0.15, -0.1) is 0 Å². The third kappa shape index (κ3) is 7.27. The van der Waals surface area contributed by atoms with Crippen molar-refractivity contribution in [3.63, 3.8) is 0 Å². The molecule has 0 spiro atoms. The monoisotopic (exact) mass is 484 g/mol. The Kier molecular flexibility index (Phi) is 8.41. The van der Waals surface area contributed by atoms with E-state index in [1.165, 1.54) is 23.9 Å². The summed E-state index contributed by atoms with van der Waals surface area (Å²) < 4.78 is 34.3.